The van der Waals surface area contributed by atoms with Crippen LogP contribution in [0, 0.1) is 11.8 Å². The van der Waals surface area contributed by atoms with Crippen LogP contribution in [0.4, 0.5) is 0 Å². The second kappa shape index (κ2) is 12.4. The van der Waals surface area contributed by atoms with Gasteiger partial charge in [0.05, 0.1) is 5.69 Å². The van der Waals surface area contributed by atoms with Crippen LogP contribution in [0.5, 0.6) is 0 Å². The Morgan fingerprint density at radius 3 is 2.61 bits per heavy atom. The van der Waals surface area contributed by atoms with Crippen LogP contribution in [0.1, 0.15) is 67.7 Å². The Balaban J connectivity index is 1.40. The van der Waals surface area contributed by atoms with Gasteiger partial charge in [0.25, 0.3) is 5.91 Å². The van der Waals surface area contributed by atoms with E-state index in [1.54, 1.807) is 11.6 Å². The van der Waals surface area contributed by atoms with Crippen LogP contribution in [0.2, 0.25) is 0 Å². The van der Waals surface area contributed by atoms with Crippen molar-refractivity contribution in [3.63, 3.8) is 0 Å². The fraction of sp³-hybridized carbons (Fsp3) is 0.581. The van der Waals surface area contributed by atoms with E-state index in [2.05, 4.69) is 22.7 Å². The van der Waals surface area contributed by atoms with Gasteiger partial charge in [0.15, 0.2) is 0 Å². The SMILES string of the molecule is CCCc1cc(C(=O)N2C[C@@H]3C[C@H](C2)[C@@H]2CCCC(=O)N[C@H](C)C(=O)N[C@@H](Cc4ccccc4)C(=O)N2C3)n(C)n1. The zero-order chi connectivity index (χ0) is 29.1. The molecule has 1 aromatic carbocycles. The first-order valence-electron chi connectivity index (χ1n) is 15.0. The summed E-state index contributed by atoms with van der Waals surface area (Å²) in [5.41, 5.74) is 2.47. The van der Waals surface area contributed by atoms with E-state index in [1.807, 2.05) is 53.2 Å². The largest absolute Gasteiger partial charge is 0.345 e. The van der Waals surface area contributed by atoms with Gasteiger partial charge in [0.2, 0.25) is 17.7 Å². The lowest BCUT2D eigenvalue weighted by Gasteiger charge is -2.51. The van der Waals surface area contributed by atoms with Gasteiger partial charge >= 0.3 is 0 Å². The quantitative estimate of drug-likeness (QED) is 0.579. The lowest BCUT2D eigenvalue weighted by Crippen LogP contribution is -2.64. The summed E-state index contributed by atoms with van der Waals surface area (Å²) >= 11 is 0. The highest BCUT2D eigenvalue weighted by atomic mass is 16.2. The minimum atomic E-state index is -0.742. The van der Waals surface area contributed by atoms with E-state index in [4.69, 9.17) is 0 Å². The van der Waals surface area contributed by atoms with Crippen molar-refractivity contribution in [2.75, 3.05) is 19.6 Å². The minimum Gasteiger partial charge on any atom is -0.345 e. The van der Waals surface area contributed by atoms with Crippen LogP contribution in [0.3, 0.4) is 0 Å². The van der Waals surface area contributed by atoms with Crippen LogP contribution >= 0.6 is 0 Å². The molecule has 10 heteroatoms. The van der Waals surface area contributed by atoms with Crippen LogP contribution in [0.15, 0.2) is 36.4 Å². The first-order valence-corrected chi connectivity index (χ1v) is 15.0. The standard InChI is InChI=1S/C31H42N6O4/c1-4-9-24-16-27(35(3)34-24)31(41)36-17-22-14-23(19-36)26-12-8-13-28(38)32-20(2)29(39)33-25(30(40)37(26)18-22)15-21-10-6-5-7-11-21/h5-7,10-11,16,20,22-23,25-26H,4,8-9,12-15,17-19H2,1-3H3,(H,32,38)(H,33,39)/t20-,22+,23-,25+,26+/m1/s1. The summed E-state index contributed by atoms with van der Waals surface area (Å²) in [4.78, 5) is 57.4. The summed E-state index contributed by atoms with van der Waals surface area (Å²) in [5.74, 6) is -0.401. The van der Waals surface area contributed by atoms with Crippen molar-refractivity contribution in [3.8, 4) is 0 Å². The molecular weight excluding hydrogens is 520 g/mol. The average Bonchev–Trinajstić information content (AvgIpc) is 3.32. The Morgan fingerprint density at radius 2 is 1.85 bits per heavy atom. The third-order valence-corrected chi connectivity index (χ3v) is 8.77. The molecule has 220 valence electrons. The Hall–Kier alpha value is -3.69. The number of nitrogens with zero attached hydrogens (tertiary/aromatic N) is 4. The molecule has 0 aliphatic carbocycles. The second-order valence-electron chi connectivity index (χ2n) is 12.0. The van der Waals surface area contributed by atoms with E-state index in [0.717, 1.165) is 30.5 Å². The number of carbonyl (C=O) groups excluding carboxylic acids is 4. The number of amides is 4. The van der Waals surface area contributed by atoms with E-state index in [-0.39, 0.29) is 47.9 Å². The maximum Gasteiger partial charge on any atom is 0.272 e. The highest BCUT2D eigenvalue weighted by molar-refractivity contribution is 5.93. The molecule has 0 unspecified atom stereocenters. The molecule has 5 atom stereocenters. The van der Waals surface area contributed by atoms with Gasteiger partial charge in [-0.05, 0) is 56.1 Å². The van der Waals surface area contributed by atoms with Gasteiger partial charge in [-0.2, -0.15) is 5.10 Å². The fourth-order valence-corrected chi connectivity index (χ4v) is 6.80. The number of fused-ring (bicyclic) bond motifs is 4. The summed E-state index contributed by atoms with van der Waals surface area (Å²) in [6.45, 7) is 5.40. The predicted octanol–water partition coefficient (Wildman–Crippen LogP) is 2.08. The van der Waals surface area contributed by atoms with Gasteiger partial charge in [0.1, 0.15) is 17.8 Å². The van der Waals surface area contributed by atoms with Gasteiger partial charge in [-0.15, -0.1) is 0 Å². The van der Waals surface area contributed by atoms with E-state index >= 15 is 0 Å². The predicted molar refractivity (Wildman–Crippen MR) is 154 cm³/mol. The first kappa shape index (κ1) is 28.8. The molecule has 4 amide bonds. The Labute approximate surface area is 241 Å². The molecule has 2 aromatic rings. The molecule has 3 saturated heterocycles. The van der Waals surface area contributed by atoms with E-state index in [1.165, 1.54) is 0 Å². The fourth-order valence-electron chi connectivity index (χ4n) is 6.80. The molecule has 3 aliphatic heterocycles. The Bertz CT molecular complexity index is 1280. The summed E-state index contributed by atoms with van der Waals surface area (Å²) in [6, 6.07) is 10.00. The third-order valence-electron chi connectivity index (χ3n) is 8.77. The zero-order valence-electron chi connectivity index (χ0n) is 24.3. The lowest BCUT2D eigenvalue weighted by molar-refractivity contribution is -0.145. The average molecular weight is 563 g/mol. The molecule has 0 spiro atoms. The number of nitrogens with one attached hydrogen (secondary N) is 2. The summed E-state index contributed by atoms with van der Waals surface area (Å²) in [6.07, 6.45) is 4.67. The number of benzene rings is 1. The molecular formula is C31H42N6O4. The Kier molecular flexibility index (Phi) is 8.75. The van der Waals surface area contributed by atoms with Crippen molar-refractivity contribution in [1.29, 1.82) is 0 Å². The number of aromatic nitrogens is 2. The van der Waals surface area contributed by atoms with E-state index in [0.29, 0.717) is 44.6 Å². The maximum atomic E-state index is 14.2. The van der Waals surface area contributed by atoms with Crippen LogP contribution in [-0.2, 0) is 34.3 Å². The molecule has 2 N–H and O–H groups in total. The molecule has 0 radical (unpaired) electrons. The third kappa shape index (κ3) is 6.47. The monoisotopic (exact) mass is 562 g/mol. The number of hydrogen-bond donors (Lipinski definition) is 2. The smallest absolute Gasteiger partial charge is 0.272 e. The molecule has 10 nitrogen and oxygen atoms in total. The number of carbonyl (C=O) groups is 4. The van der Waals surface area contributed by atoms with E-state index in [9.17, 15) is 19.2 Å². The summed E-state index contributed by atoms with van der Waals surface area (Å²) in [7, 11) is 1.82. The minimum absolute atomic E-state index is 0.0208. The van der Waals surface area contributed by atoms with Gasteiger partial charge < -0.3 is 20.4 Å². The molecule has 3 fully saturated rings. The van der Waals surface area contributed by atoms with Crippen molar-refractivity contribution < 1.29 is 19.2 Å². The molecule has 2 bridgehead atoms. The van der Waals surface area contributed by atoms with Crippen LogP contribution in [0.25, 0.3) is 0 Å². The molecule has 0 saturated carbocycles. The highest BCUT2D eigenvalue weighted by Crippen LogP contribution is 2.36. The second-order valence-corrected chi connectivity index (χ2v) is 12.0. The summed E-state index contributed by atoms with van der Waals surface area (Å²) in [5, 5.41) is 10.3. The van der Waals surface area contributed by atoms with Gasteiger partial charge in [-0.3, -0.25) is 23.9 Å². The topological polar surface area (TPSA) is 117 Å². The van der Waals surface area contributed by atoms with Crippen molar-refractivity contribution in [1.82, 2.24) is 30.2 Å². The molecule has 1 aromatic heterocycles. The number of hydrogen-bond acceptors (Lipinski definition) is 5. The van der Waals surface area contributed by atoms with Crippen LogP contribution < -0.4 is 10.6 Å². The summed E-state index contributed by atoms with van der Waals surface area (Å²) < 4.78 is 1.68. The van der Waals surface area contributed by atoms with E-state index < -0.39 is 12.1 Å². The molecule has 3 aliphatic rings. The zero-order valence-corrected chi connectivity index (χ0v) is 24.3. The van der Waals surface area contributed by atoms with Crippen molar-refractivity contribution in [3.05, 3.63) is 53.3 Å². The normalized spacial score (nSPS) is 27.3. The van der Waals surface area contributed by atoms with Crippen molar-refractivity contribution in [2.24, 2.45) is 18.9 Å². The highest BCUT2D eigenvalue weighted by Gasteiger charge is 2.45. The number of piperidine rings is 2. The first-order chi connectivity index (χ1) is 19.7. The van der Waals surface area contributed by atoms with Crippen molar-refractivity contribution in [2.45, 2.75) is 76.9 Å². The molecule has 41 heavy (non-hydrogen) atoms. The van der Waals surface area contributed by atoms with Crippen molar-refractivity contribution >= 4 is 23.6 Å². The molecule has 4 heterocycles. The van der Waals surface area contributed by atoms with Crippen LogP contribution in [-0.4, -0.2) is 81.0 Å². The number of aryl methyl sites for hydroxylation is 2. The number of rotatable bonds is 5. The maximum absolute atomic E-state index is 14.2. The van der Waals surface area contributed by atoms with Gasteiger partial charge in [-0.25, -0.2) is 0 Å². The Morgan fingerprint density at radius 1 is 1.07 bits per heavy atom. The van der Waals surface area contributed by atoms with Gasteiger partial charge in [0, 0.05) is 45.6 Å². The molecule has 5 rings (SSSR count). The van der Waals surface area contributed by atoms with Gasteiger partial charge in [-0.1, -0.05) is 43.7 Å². The lowest BCUT2D eigenvalue weighted by atomic mass is 9.77. The number of likely N-dealkylation sites (tertiary alicyclic amines) is 1.